The number of likely N-dealkylation sites (N-methyl/N-ethyl adjacent to an activating group) is 1. The van der Waals surface area contributed by atoms with Crippen molar-refractivity contribution in [3.05, 3.63) is 0 Å². The van der Waals surface area contributed by atoms with Crippen molar-refractivity contribution >= 4 is 33.6 Å². The molecule has 0 spiro atoms. The molecule has 3 fully saturated rings. The zero-order valence-electron chi connectivity index (χ0n) is 17.6. The van der Waals surface area contributed by atoms with Crippen molar-refractivity contribution in [1.29, 1.82) is 0 Å². The third-order valence-electron chi connectivity index (χ3n) is 6.47. The molecule has 10 nitrogen and oxygen atoms in total. The quantitative estimate of drug-likeness (QED) is 0.299. The van der Waals surface area contributed by atoms with Crippen LogP contribution in [0, 0.1) is 17.8 Å². The number of rotatable bonds is 6. The molecule has 0 aromatic heterocycles. The molecule has 0 aromatic rings. The van der Waals surface area contributed by atoms with Crippen LogP contribution in [0.25, 0.3) is 0 Å². The Bertz CT molecular complexity index is 774. The van der Waals surface area contributed by atoms with E-state index in [0.29, 0.717) is 32.2 Å². The summed E-state index contributed by atoms with van der Waals surface area (Å²) in [5.41, 5.74) is 7.45. The van der Waals surface area contributed by atoms with Gasteiger partial charge in [0.15, 0.2) is 0 Å². The number of piperidine rings is 1. The minimum absolute atomic E-state index is 0.0221. The monoisotopic (exact) mass is 482 g/mol. The molecule has 0 bridgehead atoms. The predicted octanol–water partition coefficient (Wildman–Crippen LogP) is -0.439. The van der Waals surface area contributed by atoms with E-state index in [2.05, 4.69) is 20.5 Å². The summed E-state index contributed by atoms with van der Waals surface area (Å²) in [4.78, 5) is 29.5. The van der Waals surface area contributed by atoms with Crippen molar-refractivity contribution in [2.45, 2.75) is 43.3 Å². The second-order valence-electron chi connectivity index (χ2n) is 8.97. The molecule has 1 saturated carbocycles. The van der Waals surface area contributed by atoms with E-state index in [9.17, 15) is 22.4 Å². The molecule has 3 aliphatic rings. The van der Waals surface area contributed by atoms with Crippen LogP contribution in [0.15, 0.2) is 0 Å². The fourth-order valence-corrected chi connectivity index (χ4v) is 6.47. The molecule has 3 amide bonds. The van der Waals surface area contributed by atoms with Gasteiger partial charge >= 0.3 is 6.03 Å². The highest BCUT2D eigenvalue weighted by molar-refractivity contribution is 7.89. The Morgan fingerprint density at radius 1 is 1.29 bits per heavy atom. The molecule has 2 saturated heterocycles. The zero-order chi connectivity index (χ0) is 22.8. The first-order valence-electron chi connectivity index (χ1n) is 10.6. The van der Waals surface area contributed by atoms with Gasteiger partial charge in [0.05, 0.1) is 17.0 Å². The number of primary amides is 1. The van der Waals surface area contributed by atoms with E-state index >= 15 is 0 Å². The van der Waals surface area contributed by atoms with E-state index in [4.69, 9.17) is 17.3 Å². The Balaban J connectivity index is 1.53. The molecule has 2 aliphatic heterocycles. The summed E-state index contributed by atoms with van der Waals surface area (Å²) in [6, 6.07) is -0.465. The molecule has 178 valence electrons. The number of hydrogen-bond donors (Lipinski definition) is 4. The largest absolute Gasteiger partial charge is 0.351 e. The second-order valence-corrected chi connectivity index (χ2v) is 11.3. The van der Waals surface area contributed by atoms with Crippen LogP contribution in [0.3, 0.4) is 0 Å². The van der Waals surface area contributed by atoms with Gasteiger partial charge in [0, 0.05) is 32.3 Å². The minimum Gasteiger partial charge on any atom is -0.351 e. The summed E-state index contributed by atoms with van der Waals surface area (Å²) in [5, 5.41) is 2.54. The van der Waals surface area contributed by atoms with Crippen molar-refractivity contribution in [2.75, 3.05) is 39.1 Å². The summed E-state index contributed by atoms with van der Waals surface area (Å²) >= 11 is 6.20. The average Bonchev–Trinajstić information content (AvgIpc) is 3.14. The maximum absolute atomic E-state index is 14.7. The maximum atomic E-state index is 14.7. The van der Waals surface area contributed by atoms with Gasteiger partial charge in [-0.2, -0.15) is 0 Å². The van der Waals surface area contributed by atoms with Gasteiger partial charge < -0.3 is 10.6 Å². The third-order valence-corrected chi connectivity index (χ3v) is 8.21. The second kappa shape index (κ2) is 10.2. The fraction of sp³-hybridized carbons (Fsp3) is 0.889. The molecular weight excluding hydrogens is 451 g/mol. The average molecular weight is 483 g/mol. The van der Waals surface area contributed by atoms with Crippen molar-refractivity contribution in [3.63, 3.8) is 0 Å². The molecule has 6 atom stereocenters. The number of nitrogens with two attached hydrogens (primary N) is 1. The number of carbonyl (C=O) groups excluding carboxylic acids is 2. The van der Waals surface area contributed by atoms with Crippen LogP contribution in [-0.4, -0.2) is 86.9 Å². The number of urea groups is 1. The van der Waals surface area contributed by atoms with Crippen molar-refractivity contribution in [2.24, 2.45) is 23.5 Å². The SMILES string of the molecule is CN1CNC(C2CC(Cl)C(F)C(C(=O)NNS(=O)(=O)CC3CCCN(C(N)=O)C3)C2)C1. The van der Waals surface area contributed by atoms with Gasteiger partial charge in [0.1, 0.15) is 6.17 Å². The van der Waals surface area contributed by atoms with Gasteiger partial charge in [-0.3, -0.25) is 20.4 Å². The normalized spacial score (nSPS) is 35.1. The number of hydrogen-bond acceptors (Lipinski definition) is 6. The maximum Gasteiger partial charge on any atom is 0.314 e. The summed E-state index contributed by atoms with van der Waals surface area (Å²) in [5.74, 6) is -2.29. The number of likely N-dealkylation sites (tertiary alicyclic amines) is 1. The molecule has 13 heteroatoms. The highest BCUT2D eigenvalue weighted by atomic mass is 35.5. The summed E-state index contributed by atoms with van der Waals surface area (Å²) in [7, 11) is -1.89. The molecule has 0 radical (unpaired) electrons. The lowest BCUT2D eigenvalue weighted by Gasteiger charge is -2.37. The lowest BCUT2D eigenvalue weighted by Crippen LogP contribution is -2.53. The van der Waals surface area contributed by atoms with Gasteiger partial charge in [0.2, 0.25) is 15.9 Å². The number of amides is 3. The third kappa shape index (κ3) is 6.41. The van der Waals surface area contributed by atoms with Gasteiger partial charge in [-0.1, -0.05) is 0 Å². The molecule has 5 N–H and O–H groups in total. The number of nitrogens with zero attached hydrogens (tertiary/aromatic N) is 2. The van der Waals surface area contributed by atoms with Crippen molar-refractivity contribution in [3.8, 4) is 0 Å². The van der Waals surface area contributed by atoms with Crippen LogP contribution in [0.2, 0.25) is 0 Å². The first kappa shape index (κ1) is 24.4. The van der Waals surface area contributed by atoms with E-state index < -0.39 is 39.4 Å². The lowest BCUT2D eigenvalue weighted by atomic mass is 9.76. The van der Waals surface area contributed by atoms with Gasteiger partial charge in [-0.05, 0) is 44.6 Å². The molecular formula is C18H32ClFN6O4S. The Hall–Kier alpha value is -1.21. The van der Waals surface area contributed by atoms with Crippen LogP contribution < -0.4 is 21.3 Å². The van der Waals surface area contributed by atoms with E-state index in [-0.39, 0.29) is 30.2 Å². The number of nitrogens with one attached hydrogen (secondary N) is 3. The molecule has 3 rings (SSSR count). The number of sulfonamides is 1. The van der Waals surface area contributed by atoms with E-state index in [1.54, 1.807) is 0 Å². The molecule has 6 unspecified atom stereocenters. The Labute approximate surface area is 187 Å². The lowest BCUT2D eigenvalue weighted by molar-refractivity contribution is -0.129. The summed E-state index contributed by atoms with van der Waals surface area (Å²) < 4.78 is 39.5. The standard InChI is InChI=1S/C18H32ClFN6O4S/c1-25-8-15(22-10-25)12-5-13(16(20)14(19)6-12)17(27)23-24-31(29,30)9-11-3-2-4-26(7-11)18(21)28/h11-16,22,24H,2-10H2,1H3,(H2,21,28)(H,23,27). The van der Waals surface area contributed by atoms with Crippen molar-refractivity contribution < 1.29 is 22.4 Å². The van der Waals surface area contributed by atoms with E-state index in [1.807, 2.05) is 7.05 Å². The zero-order valence-corrected chi connectivity index (χ0v) is 19.2. The molecule has 31 heavy (non-hydrogen) atoms. The Morgan fingerprint density at radius 3 is 2.68 bits per heavy atom. The summed E-state index contributed by atoms with van der Waals surface area (Å²) in [6.07, 6.45) is 0.488. The minimum atomic E-state index is -3.87. The summed E-state index contributed by atoms with van der Waals surface area (Å²) in [6.45, 7) is 2.26. The first-order valence-corrected chi connectivity index (χ1v) is 12.7. The van der Waals surface area contributed by atoms with Crippen LogP contribution in [0.5, 0.6) is 0 Å². The molecule has 0 aromatic carbocycles. The number of carbonyl (C=O) groups is 2. The molecule has 2 heterocycles. The Morgan fingerprint density at radius 2 is 2.03 bits per heavy atom. The van der Waals surface area contributed by atoms with Gasteiger partial charge in [-0.25, -0.2) is 17.6 Å². The van der Waals surface area contributed by atoms with Gasteiger partial charge in [0.25, 0.3) is 0 Å². The Kier molecular flexibility index (Phi) is 8.00. The predicted molar refractivity (Wildman–Crippen MR) is 114 cm³/mol. The molecule has 1 aliphatic carbocycles. The topological polar surface area (TPSA) is 137 Å². The van der Waals surface area contributed by atoms with Crippen LogP contribution >= 0.6 is 11.6 Å². The van der Waals surface area contributed by atoms with Crippen LogP contribution in [-0.2, 0) is 14.8 Å². The van der Waals surface area contributed by atoms with Crippen molar-refractivity contribution in [1.82, 2.24) is 25.4 Å². The highest BCUT2D eigenvalue weighted by Crippen LogP contribution is 2.37. The van der Waals surface area contributed by atoms with Crippen LogP contribution in [0.1, 0.15) is 25.7 Å². The number of hydrazine groups is 1. The van der Waals surface area contributed by atoms with Crippen LogP contribution in [0.4, 0.5) is 9.18 Å². The van der Waals surface area contributed by atoms with Gasteiger partial charge in [-0.15, -0.1) is 16.4 Å². The highest BCUT2D eigenvalue weighted by Gasteiger charge is 2.44. The van der Waals surface area contributed by atoms with E-state index in [1.165, 1.54) is 4.90 Å². The fourth-order valence-electron chi connectivity index (χ4n) is 4.83. The number of alkyl halides is 2. The van der Waals surface area contributed by atoms with E-state index in [0.717, 1.165) is 13.2 Å². The first-order chi connectivity index (χ1) is 14.6. The smallest absolute Gasteiger partial charge is 0.314 e. The number of halogens is 2.